The van der Waals surface area contributed by atoms with Crippen molar-refractivity contribution in [3.63, 3.8) is 0 Å². The van der Waals surface area contributed by atoms with Crippen LogP contribution in [0, 0.1) is 0 Å². The van der Waals surface area contributed by atoms with Crippen LogP contribution in [0.25, 0.3) is 0 Å². The van der Waals surface area contributed by atoms with Gasteiger partial charge in [0, 0.05) is 28.3 Å². The highest BCUT2D eigenvalue weighted by Crippen LogP contribution is 2.30. The zero-order chi connectivity index (χ0) is 13.0. The molecular formula is C15H20BrNO. The van der Waals surface area contributed by atoms with Gasteiger partial charge in [0.15, 0.2) is 6.29 Å². The lowest BCUT2D eigenvalue weighted by Crippen LogP contribution is -2.37. The summed E-state index contributed by atoms with van der Waals surface area (Å²) < 4.78 is 0.966. The Bertz CT molecular complexity index is 413. The third-order valence-electron chi connectivity index (χ3n) is 3.78. The number of aldehydes is 1. The highest BCUT2D eigenvalue weighted by molar-refractivity contribution is 9.10. The number of anilines is 1. The summed E-state index contributed by atoms with van der Waals surface area (Å²) in [7, 11) is 0. The molecule has 0 aliphatic heterocycles. The second-order valence-corrected chi connectivity index (χ2v) is 5.81. The van der Waals surface area contributed by atoms with Gasteiger partial charge in [-0.2, -0.15) is 0 Å². The topological polar surface area (TPSA) is 20.3 Å². The number of hydrogen-bond acceptors (Lipinski definition) is 2. The van der Waals surface area contributed by atoms with Crippen molar-refractivity contribution in [3.8, 4) is 0 Å². The molecule has 2 rings (SSSR count). The van der Waals surface area contributed by atoms with Gasteiger partial charge in [-0.1, -0.05) is 35.2 Å². The van der Waals surface area contributed by atoms with E-state index in [0.29, 0.717) is 6.04 Å². The predicted molar refractivity (Wildman–Crippen MR) is 79.4 cm³/mol. The molecule has 0 N–H and O–H groups in total. The van der Waals surface area contributed by atoms with E-state index in [0.717, 1.165) is 28.6 Å². The molecule has 0 amide bonds. The summed E-state index contributed by atoms with van der Waals surface area (Å²) in [4.78, 5) is 13.6. The van der Waals surface area contributed by atoms with Gasteiger partial charge in [-0.3, -0.25) is 4.79 Å². The second-order valence-electron chi connectivity index (χ2n) is 4.90. The van der Waals surface area contributed by atoms with Crippen molar-refractivity contribution >= 4 is 27.9 Å². The molecule has 18 heavy (non-hydrogen) atoms. The fraction of sp³-hybridized carbons (Fsp3) is 0.533. The monoisotopic (exact) mass is 309 g/mol. The average molecular weight is 310 g/mol. The van der Waals surface area contributed by atoms with Gasteiger partial charge in [0.1, 0.15) is 0 Å². The van der Waals surface area contributed by atoms with Crippen molar-refractivity contribution in [1.29, 1.82) is 0 Å². The van der Waals surface area contributed by atoms with Crippen molar-refractivity contribution in [2.24, 2.45) is 0 Å². The van der Waals surface area contributed by atoms with Crippen molar-refractivity contribution in [3.05, 3.63) is 28.2 Å². The van der Waals surface area contributed by atoms with Gasteiger partial charge < -0.3 is 4.90 Å². The summed E-state index contributed by atoms with van der Waals surface area (Å²) in [6.45, 7) is 3.14. The Labute approximate surface area is 117 Å². The molecule has 0 heterocycles. The van der Waals surface area contributed by atoms with Crippen molar-refractivity contribution in [2.75, 3.05) is 11.4 Å². The van der Waals surface area contributed by atoms with Crippen LogP contribution in [0.1, 0.15) is 49.4 Å². The second kappa shape index (κ2) is 6.37. The molecule has 0 radical (unpaired) electrons. The normalized spacial score (nSPS) is 16.6. The van der Waals surface area contributed by atoms with Gasteiger partial charge in [-0.15, -0.1) is 0 Å². The molecule has 0 atom stereocenters. The molecule has 3 heteroatoms. The van der Waals surface area contributed by atoms with E-state index in [1.54, 1.807) is 0 Å². The highest BCUT2D eigenvalue weighted by Gasteiger charge is 2.21. The minimum atomic E-state index is 0.601. The molecule has 1 aromatic carbocycles. The Morgan fingerprint density at radius 1 is 1.33 bits per heavy atom. The molecule has 1 saturated carbocycles. The van der Waals surface area contributed by atoms with E-state index < -0.39 is 0 Å². The number of rotatable bonds is 4. The number of hydrogen-bond donors (Lipinski definition) is 0. The fourth-order valence-corrected chi connectivity index (χ4v) is 3.28. The van der Waals surface area contributed by atoms with Crippen LogP contribution < -0.4 is 4.90 Å². The first-order valence-corrected chi connectivity index (χ1v) is 7.57. The van der Waals surface area contributed by atoms with E-state index in [9.17, 15) is 4.79 Å². The molecule has 2 nitrogen and oxygen atoms in total. The molecule has 0 spiro atoms. The van der Waals surface area contributed by atoms with Gasteiger partial charge in [-0.25, -0.2) is 0 Å². The molecule has 0 aromatic heterocycles. The number of nitrogens with zero attached hydrogens (tertiary/aromatic N) is 1. The minimum absolute atomic E-state index is 0.601. The van der Waals surface area contributed by atoms with Crippen molar-refractivity contribution in [1.82, 2.24) is 0 Å². The first-order valence-electron chi connectivity index (χ1n) is 6.77. The lowest BCUT2D eigenvalue weighted by atomic mass is 9.93. The van der Waals surface area contributed by atoms with Crippen LogP contribution in [0.5, 0.6) is 0 Å². The molecule has 0 unspecified atom stereocenters. The molecule has 1 aromatic rings. The van der Waals surface area contributed by atoms with Crippen LogP contribution in [-0.2, 0) is 0 Å². The van der Waals surface area contributed by atoms with Crippen LogP contribution in [-0.4, -0.2) is 18.9 Å². The smallest absolute Gasteiger partial charge is 0.152 e. The molecule has 1 fully saturated rings. The predicted octanol–water partition coefficient (Wildman–Crippen LogP) is 4.42. The lowest BCUT2D eigenvalue weighted by Gasteiger charge is -2.36. The Kier molecular flexibility index (Phi) is 4.81. The summed E-state index contributed by atoms with van der Waals surface area (Å²) in [5.74, 6) is 0. The quantitative estimate of drug-likeness (QED) is 0.767. The summed E-state index contributed by atoms with van der Waals surface area (Å²) in [6.07, 6.45) is 7.45. The van der Waals surface area contributed by atoms with Gasteiger partial charge >= 0.3 is 0 Å². The van der Waals surface area contributed by atoms with Crippen molar-refractivity contribution in [2.45, 2.75) is 45.1 Å². The maximum atomic E-state index is 11.2. The number of carbonyl (C=O) groups is 1. The maximum Gasteiger partial charge on any atom is 0.152 e. The van der Waals surface area contributed by atoms with Crippen LogP contribution >= 0.6 is 15.9 Å². The van der Waals surface area contributed by atoms with Crippen LogP contribution in [0.2, 0.25) is 0 Å². The molecule has 1 aliphatic carbocycles. The van der Waals surface area contributed by atoms with Gasteiger partial charge in [-0.05, 0) is 38.0 Å². The zero-order valence-electron chi connectivity index (χ0n) is 10.9. The Hall–Kier alpha value is -0.830. The molecular weight excluding hydrogens is 290 g/mol. The molecule has 0 saturated heterocycles. The van der Waals surface area contributed by atoms with Gasteiger partial charge in [0.2, 0.25) is 0 Å². The Balaban J connectivity index is 2.28. The average Bonchev–Trinajstić information content (AvgIpc) is 2.42. The van der Waals surface area contributed by atoms with Gasteiger partial charge in [0.25, 0.3) is 0 Å². The van der Waals surface area contributed by atoms with Crippen molar-refractivity contribution < 1.29 is 4.79 Å². The summed E-state index contributed by atoms with van der Waals surface area (Å²) in [5.41, 5.74) is 1.87. The first kappa shape index (κ1) is 13.6. The first-order chi connectivity index (χ1) is 8.76. The minimum Gasteiger partial charge on any atom is -0.368 e. The van der Waals surface area contributed by atoms with E-state index in [-0.39, 0.29) is 0 Å². The number of benzene rings is 1. The van der Waals surface area contributed by atoms with E-state index in [2.05, 4.69) is 33.8 Å². The summed E-state index contributed by atoms with van der Waals surface area (Å²) in [5, 5.41) is 0. The molecule has 0 bridgehead atoms. The number of carbonyl (C=O) groups excluding carboxylic acids is 1. The van der Waals surface area contributed by atoms with E-state index >= 15 is 0 Å². The van der Waals surface area contributed by atoms with Crippen LogP contribution in [0.3, 0.4) is 0 Å². The standard InChI is InChI=1S/C15H20BrNO/c1-2-17(14-6-4-3-5-7-14)15-9-8-13(16)10-12(15)11-18/h8-11,14H,2-7H2,1H3. The van der Waals surface area contributed by atoms with Gasteiger partial charge in [0.05, 0.1) is 0 Å². The SMILES string of the molecule is CCN(c1ccc(Br)cc1C=O)C1CCCCC1. The largest absolute Gasteiger partial charge is 0.368 e. The zero-order valence-corrected chi connectivity index (χ0v) is 12.4. The summed E-state index contributed by atoms with van der Waals surface area (Å²) in [6, 6.07) is 6.59. The lowest BCUT2D eigenvalue weighted by molar-refractivity contribution is 0.112. The van der Waals surface area contributed by atoms with Crippen LogP contribution in [0.15, 0.2) is 22.7 Å². The third-order valence-corrected chi connectivity index (χ3v) is 4.28. The van der Waals surface area contributed by atoms with E-state index in [1.165, 1.54) is 32.1 Å². The number of halogens is 1. The van der Waals surface area contributed by atoms with E-state index in [4.69, 9.17) is 0 Å². The Morgan fingerprint density at radius 3 is 2.67 bits per heavy atom. The summed E-state index contributed by atoms with van der Waals surface area (Å²) >= 11 is 3.43. The third kappa shape index (κ3) is 2.94. The maximum absolute atomic E-state index is 11.2. The fourth-order valence-electron chi connectivity index (χ4n) is 2.90. The Morgan fingerprint density at radius 2 is 2.06 bits per heavy atom. The van der Waals surface area contributed by atoms with Crippen LogP contribution in [0.4, 0.5) is 5.69 Å². The highest BCUT2D eigenvalue weighted by atomic mass is 79.9. The molecule has 98 valence electrons. The van der Waals surface area contributed by atoms with E-state index in [1.807, 2.05) is 12.1 Å². The molecule has 1 aliphatic rings.